The molecule has 2 aliphatic rings. The van der Waals surface area contributed by atoms with Crippen LogP contribution >= 0.6 is 0 Å². The molecule has 0 atom stereocenters. The molecule has 1 heterocycles. The first-order valence-electron chi connectivity index (χ1n) is 9.38. The van der Waals surface area contributed by atoms with E-state index in [-0.39, 0.29) is 0 Å². The molecular formula is C21H27N3O. The van der Waals surface area contributed by atoms with Crippen LogP contribution in [0.4, 0.5) is 0 Å². The highest BCUT2D eigenvalue weighted by Crippen LogP contribution is 2.33. The van der Waals surface area contributed by atoms with E-state index in [0.717, 1.165) is 31.4 Å². The lowest BCUT2D eigenvalue weighted by molar-refractivity contribution is -0.133. The molecule has 0 unspecified atom stereocenters. The molecule has 1 aromatic heterocycles. The van der Waals surface area contributed by atoms with Gasteiger partial charge in [-0.15, -0.1) is 0 Å². The van der Waals surface area contributed by atoms with E-state index in [1.165, 1.54) is 22.4 Å². The van der Waals surface area contributed by atoms with Gasteiger partial charge in [0.25, 0.3) is 0 Å². The number of benzene rings is 1. The molecule has 2 aliphatic carbocycles. The van der Waals surface area contributed by atoms with E-state index in [9.17, 15) is 4.79 Å². The van der Waals surface area contributed by atoms with Crippen LogP contribution in [0.25, 0.3) is 0 Å². The highest BCUT2D eigenvalue weighted by molar-refractivity contribution is 5.77. The van der Waals surface area contributed by atoms with Crippen molar-refractivity contribution in [3.05, 3.63) is 52.3 Å². The third-order valence-corrected chi connectivity index (χ3v) is 5.89. The van der Waals surface area contributed by atoms with Crippen LogP contribution in [0.5, 0.6) is 0 Å². The van der Waals surface area contributed by atoms with Gasteiger partial charge in [0.15, 0.2) is 0 Å². The van der Waals surface area contributed by atoms with Gasteiger partial charge >= 0.3 is 0 Å². The third-order valence-electron chi connectivity index (χ3n) is 5.89. The molecule has 0 spiro atoms. The number of amides is 1. The van der Waals surface area contributed by atoms with Crippen LogP contribution in [-0.2, 0) is 31.2 Å². The van der Waals surface area contributed by atoms with Crippen LogP contribution in [0.3, 0.4) is 0 Å². The summed E-state index contributed by atoms with van der Waals surface area (Å²) in [5.74, 6) is 0.783. The summed E-state index contributed by atoms with van der Waals surface area (Å²) in [5, 5.41) is 4.51. The topological polar surface area (TPSA) is 38.1 Å². The number of hydrogen-bond acceptors (Lipinski definition) is 2. The Bertz CT molecular complexity index is 778. The summed E-state index contributed by atoms with van der Waals surface area (Å²) < 4.78 is 1.92. The fourth-order valence-electron chi connectivity index (χ4n) is 4.18. The smallest absolute Gasteiger partial charge is 0.223 e. The van der Waals surface area contributed by atoms with Gasteiger partial charge in [-0.2, -0.15) is 5.10 Å². The van der Waals surface area contributed by atoms with Gasteiger partial charge in [-0.3, -0.25) is 9.48 Å². The molecule has 1 amide bonds. The molecule has 4 heteroatoms. The maximum Gasteiger partial charge on any atom is 0.223 e. The Balaban J connectivity index is 1.46. The largest absolute Gasteiger partial charge is 0.335 e. The number of rotatable bonds is 5. The molecule has 0 aliphatic heterocycles. The summed E-state index contributed by atoms with van der Waals surface area (Å²) >= 11 is 0. The Labute approximate surface area is 149 Å². The Morgan fingerprint density at radius 2 is 1.84 bits per heavy atom. The number of carbonyl (C=O) groups excluding carboxylic acids is 1. The molecule has 0 N–H and O–H groups in total. The second-order valence-corrected chi connectivity index (χ2v) is 7.77. The van der Waals surface area contributed by atoms with Gasteiger partial charge in [-0.25, -0.2) is 0 Å². The van der Waals surface area contributed by atoms with E-state index in [1.807, 2.05) is 18.7 Å². The summed E-state index contributed by atoms with van der Waals surface area (Å²) in [6, 6.07) is 9.07. The molecular weight excluding hydrogens is 310 g/mol. The SMILES string of the molecule is Cc1nn(C)c(C)c1CN(C(=O)CC1Cc2ccccc2C1)C1CC1. The van der Waals surface area contributed by atoms with Gasteiger partial charge in [0.2, 0.25) is 5.91 Å². The van der Waals surface area contributed by atoms with Crippen molar-refractivity contribution in [2.24, 2.45) is 13.0 Å². The first kappa shape index (κ1) is 16.4. The van der Waals surface area contributed by atoms with Crippen LogP contribution in [0.2, 0.25) is 0 Å². The van der Waals surface area contributed by atoms with Crippen molar-refractivity contribution >= 4 is 5.91 Å². The fourth-order valence-corrected chi connectivity index (χ4v) is 4.18. The van der Waals surface area contributed by atoms with Gasteiger partial charge in [0.05, 0.1) is 5.69 Å². The zero-order chi connectivity index (χ0) is 17.6. The lowest BCUT2D eigenvalue weighted by Crippen LogP contribution is -2.34. The third kappa shape index (κ3) is 3.22. The van der Waals surface area contributed by atoms with Gasteiger partial charge in [0, 0.05) is 37.3 Å². The van der Waals surface area contributed by atoms with Crippen LogP contribution in [0, 0.1) is 19.8 Å². The Morgan fingerprint density at radius 3 is 2.36 bits per heavy atom. The van der Waals surface area contributed by atoms with E-state index in [2.05, 4.69) is 41.2 Å². The summed E-state index contributed by atoms with van der Waals surface area (Å²) in [6.45, 7) is 4.86. The first-order valence-corrected chi connectivity index (χ1v) is 9.38. The molecule has 1 saturated carbocycles. The summed E-state index contributed by atoms with van der Waals surface area (Å²) in [7, 11) is 1.98. The maximum atomic E-state index is 13.1. The highest BCUT2D eigenvalue weighted by Gasteiger charge is 2.35. The normalized spacial score (nSPS) is 16.9. The monoisotopic (exact) mass is 337 g/mol. The molecule has 0 radical (unpaired) electrons. The average Bonchev–Trinajstić information content (AvgIpc) is 3.28. The predicted octanol–water partition coefficient (Wildman–Crippen LogP) is 3.33. The van der Waals surface area contributed by atoms with Crippen molar-refractivity contribution in [3.8, 4) is 0 Å². The van der Waals surface area contributed by atoms with Crippen molar-refractivity contribution in [3.63, 3.8) is 0 Å². The molecule has 2 aromatic rings. The van der Waals surface area contributed by atoms with Crippen LogP contribution in [0.1, 0.15) is 47.3 Å². The lowest BCUT2D eigenvalue weighted by atomic mass is 10.0. The molecule has 1 fully saturated rings. The summed E-state index contributed by atoms with van der Waals surface area (Å²) in [4.78, 5) is 15.2. The van der Waals surface area contributed by atoms with Gasteiger partial charge in [-0.1, -0.05) is 24.3 Å². The van der Waals surface area contributed by atoms with E-state index in [4.69, 9.17) is 0 Å². The van der Waals surface area contributed by atoms with E-state index < -0.39 is 0 Å². The summed E-state index contributed by atoms with van der Waals surface area (Å²) in [5.41, 5.74) is 6.29. The first-order chi connectivity index (χ1) is 12.0. The molecule has 0 bridgehead atoms. The molecule has 4 rings (SSSR count). The van der Waals surface area contributed by atoms with E-state index >= 15 is 0 Å². The number of aromatic nitrogens is 2. The van der Waals surface area contributed by atoms with Crippen LogP contribution in [0.15, 0.2) is 24.3 Å². The summed E-state index contributed by atoms with van der Waals surface area (Å²) in [6.07, 6.45) is 5.06. The number of aryl methyl sites for hydroxylation is 2. The van der Waals surface area contributed by atoms with Crippen molar-refractivity contribution in [2.75, 3.05) is 0 Å². The van der Waals surface area contributed by atoms with Crippen LogP contribution in [-0.4, -0.2) is 26.6 Å². The zero-order valence-electron chi connectivity index (χ0n) is 15.5. The maximum absolute atomic E-state index is 13.1. The van der Waals surface area contributed by atoms with Gasteiger partial charge in [-0.05, 0) is 56.6 Å². The molecule has 1 aromatic carbocycles. The minimum atomic E-state index is 0.322. The van der Waals surface area contributed by atoms with Gasteiger partial charge in [0.1, 0.15) is 0 Å². The van der Waals surface area contributed by atoms with Crippen molar-refractivity contribution in [1.82, 2.24) is 14.7 Å². The average molecular weight is 337 g/mol. The van der Waals surface area contributed by atoms with Crippen molar-refractivity contribution in [1.29, 1.82) is 0 Å². The number of hydrogen-bond donors (Lipinski definition) is 0. The number of fused-ring (bicyclic) bond motifs is 1. The number of carbonyl (C=O) groups is 1. The minimum Gasteiger partial charge on any atom is -0.335 e. The quantitative estimate of drug-likeness (QED) is 0.839. The Hall–Kier alpha value is -2.10. The molecule has 4 nitrogen and oxygen atoms in total. The highest BCUT2D eigenvalue weighted by atomic mass is 16.2. The Kier molecular flexibility index (Phi) is 4.14. The Morgan fingerprint density at radius 1 is 1.20 bits per heavy atom. The molecule has 132 valence electrons. The fraction of sp³-hybridized carbons (Fsp3) is 0.524. The predicted molar refractivity (Wildman–Crippen MR) is 98.2 cm³/mol. The van der Waals surface area contributed by atoms with Gasteiger partial charge < -0.3 is 4.90 Å². The van der Waals surface area contributed by atoms with E-state index in [1.54, 1.807) is 0 Å². The molecule has 0 saturated heterocycles. The number of nitrogens with zero attached hydrogens (tertiary/aromatic N) is 3. The van der Waals surface area contributed by atoms with Crippen molar-refractivity contribution < 1.29 is 4.79 Å². The molecule has 25 heavy (non-hydrogen) atoms. The second kappa shape index (κ2) is 6.32. The van der Waals surface area contributed by atoms with Crippen LogP contribution < -0.4 is 0 Å². The standard InChI is InChI=1S/C21H27N3O/c1-14-20(15(2)23(3)22-14)13-24(19-8-9-19)21(25)12-16-10-17-6-4-5-7-18(17)11-16/h4-7,16,19H,8-13H2,1-3H3. The van der Waals surface area contributed by atoms with Crippen molar-refractivity contribution in [2.45, 2.75) is 58.5 Å². The minimum absolute atomic E-state index is 0.322. The lowest BCUT2D eigenvalue weighted by Gasteiger charge is -2.24. The second-order valence-electron chi connectivity index (χ2n) is 7.77. The zero-order valence-corrected chi connectivity index (χ0v) is 15.5. The van der Waals surface area contributed by atoms with E-state index in [0.29, 0.717) is 30.8 Å².